The molecule has 0 saturated carbocycles. The van der Waals surface area contributed by atoms with Gasteiger partial charge in [0.15, 0.2) is 0 Å². The van der Waals surface area contributed by atoms with Crippen LogP contribution in [0, 0.1) is 0 Å². The Morgan fingerprint density at radius 3 is 2.28 bits per heavy atom. The van der Waals surface area contributed by atoms with Crippen molar-refractivity contribution in [1.82, 2.24) is 31.2 Å². The van der Waals surface area contributed by atoms with Crippen molar-refractivity contribution in [3.63, 3.8) is 0 Å². The smallest absolute Gasteiger partial charge is 0.326 e. The highest BCUT2D eigenvalue weighted by Crippen LogP contribution is 2.12. The second kappa shape index (κ2) is 12.7. The lowest BCUT2D eigenvalue weighted by atomic mass is 10.1. The van der Waals surface area contributed by atoms with Gasteiger partial charge >= 0.3 is 5.97 Å². The molecule has 13 nitrogen and oxygen atoms in total. The topological polar surface area (TPSA) is 206 Å². The number of hydrogen-bond acceptors (Lipinski definition) is 8. The average Bonchev–Trinajstić information content (AvgIpc) is 3.57. The molecule has 4 unspecified atom stereocenters. The number of H-pyrrole nitrogens is 1. The van der Waals surface area contributed by atoms with Crippen molar-refractivity contribution in [3.05, 3.63) is 48.0 Å². The molecule has 4 atom stereocenters. The van der Waals surface area contributed by atoms with E-state index < -0.39 is 48.6 Å². The molecule has 3 amide bonds. The maximum absolute atomic E-state index is 13.0. The number of phenolic OH excluding ortho intramolecular Hbond substituents is 1. The number of nitrogens with zero attached hydrogens (tertiary/aromatic N) is 1. The van der Waals surface area contributed by atoms with Gasteiger partial charge in [0.1, 0.15) is 23.9 Å². The van der Waals surface area contributed by atoms with Gasteiger partial charge in [0, 0.05) is 24.7 Å². The number of carboxylic acids is 1. The van der Waals surface area contributed by atoms with Crippen LogP contribution in [-0.2, 0) is 32.0 Å². The summed E-state index contributed by atoms with van der Waals surface area (Å²) in [4.78, 5) is 56.8. The van der Waals surface area contributed by atoms with Gasteiger partial charge in [-0.3, -0.25) is 14.4 Å². The fourth-order valence-electron chi connectivity index (χ4n) is 3.81. The number of aromatic amines is 1. The summed E-state index contributed by atoms with van der Waals surface area (Å²) in [6.07, 6.45) is 4.36. The number of carboxylic acid groups (broad SMARTS) is 1. The van der Waals surface area contributed by atoms with Crippen LogP contribution in [0.2, 0.25) is 0 Å². The van der Waals surface area contributed by atoms with E-state index in [-0.39, 0.29) is 24.5 Å². The third-order valence-electron chi connectivity index (χ3n) is 5.79. The Balaban J connectivity index is 1.65. The first-order valence-electron chi connectivity index (χ1n) is 11.5. The van der Waals surface area contributed by atoms with E-state index in [9.17, 15) is 34.5 Å². The zero-order valence-electron chi connectivity index (χ0n) is 19.4. The zero-order chi connectivity index (χ0) is 26.1. The Morgan fingerprint density at radius 1 is 1.00 bits per heavy atom. The normalized spacial score (nSPS) is 17.5. The predicted octanol–water partition coefficient (Wildman–Crippen LogP) is -1.82. The van der Waals surface area contributed by atoms with E-state index in [0.29, 0.717) is 24.2 Å². The molecule has 0 radical (unpaired) electrons. The molecular formula is C23H30N6O7. The number of nitrogens with one attached hydrogen (secondary N) is 5. The Hall–Kier alpha value is -3.97. The van der Waals surface area contributed by atoms with Gasteiger partial charge in [0.2, 0.25) is 17.7 Å². The minimum absolute atomic E-state index is 0.0122. The first-order valence-corrected chi connectivity index (χ1v) is 11.5. The number of aliphatic carboxylic acids is 1. The summed E-state index contributed by atoms with van der Waals surface area (Å²) < 4.78 is 0. The Morgan fingerprint density at radius 2 is 1.69 bits per heavy atom. The van der Waals surface area contributed by atoms with Crippen molar-refractivity contribution in [2.24, 2.45) is 0 Å². The molecule has 1 aromatic heterocycles. The molecule has 2 heterocycles. The standard InChI is InChI=1S/C23H30N6O7/c30-11-19(22(34)28-18(23(35)36)8-13-3-5-15(31)6-4-13)29-21(33)17(9-14-10-24-12-26-14)27-20(32)16-2-1-7-25-16/h3-6,10,12,16-19,25,30-31H,1-2,7-9,11H2,(H,24,26)(H,27,32)(H,28,34)(H,29,33)(H,35,36). The van der Waals surface area contributed by atoms with Gasteiger partial charge in [0.25, 0.3) is 0 Å². The largest absolute Gasteiger partial charge is 0.508 e. The number of aliphatic hydroxyl groups is 1. The lowest BCUT2D eigenvalue weighted by Crippen LogP contribution is -2.58. The fraction of sp³-hybridized carbons (Fsp3) is 0.435. The van der Waals surface area contributed by atoms with E-state index in [1.165, 1.54) is 36.8 Å². The number of aromatic nitrogens is 2. The van der Waals surface area contributed by atoms with Gasteiger partial charge in [-0.2, -0.15) is 0 Å². The van der Waals surface area contributed by atoms with Crippen molar-refractivity contribution in [2.75, 3.05) is 13.2 Å². The van der Waals surface area contributed by atoms with Gasteiger partial charge in [-0.1, -0.05) is 12.1 Å². The van der Waals surface area contributed by atoms with Crippen LogP contribution in [0.1, 0.15) is 24.1 Å². The second-order valence-corrected chi connectivity index (χ2v) is 8.50. The number of phenols is 1. The number of aliphatic hydroxyl groups excluding tert-OH is 1. The van der Waals surface area contributed by atoms with Crippen LogP contribution in [0.15, 0.2) is 36.8 Å². The summed E-state index contributed by atoms with van der Waals surface area (Å²) in [5, 5.41) is 39.1. The Kier molecular flexibility index (Phi) is 9.36. The van der Waals surface area contributed by atoms with E-state index in [1.54, 1.807) is 0 Å². The molecule has 0 spiro atoms. The number of benzene rings is 1. The Bertz CT molecular complexity index is 1040. The number of aromatic hydroxyl groups is 1. The highest BCUT2D eigenvalue weighted by atomic mass is 16.4. The van der Waals surface area contributed by atoms with Crippen molar-refractivity contribution in [2.45, 2.75) is 49.9 Å². The molecule has 13 heteroatoms. The molecule has 1 aromatic carbocycles. The summed E-state index contributed by atoms with van der Waals surface area (Å²) in [7, 11) is 0. The number of amides is 3. The summed E-state index contributed by atoms with van der Waals surface area (Å²) >= 11 is 0. The molecule has 0 bridgehead atoms. The molecule has 36 heavy (non-hydrogen) atoms. The van der Waals surface area contributed by atoms with E-state index in [1.807, 2.05) is 0 Å². The van der Waals surface area contributed by atoms with Crippen molar-refractivity contribution in [1.29, 1.82) is 0 Å². The minimum atomic E-state index is -1.45. The minimum Gasteiger partial charge on any atom is -0.508 e. The van der Waals surface area contributed by atoms with Crippen LogP contribution in [0.25, 0.3) is 0 Å². The van der Waals surface area contributed by atoms with Crippen LogP contribution >= 0.6 is 0 Å². The number of carbonyl (C=O) groups excluding carboxylic acids is 3. The zero-order valence-corrected chi connectivity index (χ0v) is 19.4. The van der Waals surface area contributed by atoms with Crippen LogP contribution in [0.3, 0.4) is 0 Å². The van der Waals surface area contributed by atoms with Crippen LogP contribution in [0.4, 0.5) is 0 Å². The molecule has 1 saturated heterocycles. The van der Waals surface area contributed by atoms with Crippen LogP contribution in [-0.4, -0.2) is 86.3 Å². The van der Waals surface area contributed by atoms with Gasteiger partial charge < -0.3 is 41.6 Å². The molecule has 2 aromatic rings. The fourth-order valence-corrected chi connectivity index (χ4v) is 3.81. The number of carbonyl (C=O) groups is 4. The summed E-state index contributed by atoms with van der Waals surface area (Å²) in [5.74, 6) is -3.29. The predicted molar refractivity (Wildman–Crippen MR) is 126 cm³/mol. The average molecular weight is 503 g/mol. The highest BCUT2D eigenvalue weighted by molar-refractivity contribution is 5.94. The maximum Gasteiger partial charge on any atom is 0.326 e. The van der Waals surface area contributed by atoms with Crippen molar-refractivity contribution >= 4 is 23.7 Å². The molecule has 0 aliphatic carbocycles. The quantitative estimate of drug-likeness (QED) is 0.164. The molecule has 8 N–H and O–H groups in total. The first kappa shape index (κ1) is 26.6. The second-order valence-electron chi connectivity index (χ2n) is 8.50. The molecule has 194 valence electrons. The molecule has 1 fully saturated rings. The molecule has 3 rings (SSSR count). The SMILES string of the molecule is O=C(O)C(Cc1ccc(O)cc1)NC(=O)C(CO)NC(=O)C(Cc1cnc[nH]1)NC(=O)C1CCCN1. The molecule has 1 aliphatic heterocycles. The van der Waals surface area contributed by atoms with Crippen LogP contribution < -0.4 is 21.3 Å². The van der Waals surface area contributed by atoms with Gasteiger partial charge in [-0.05, 0) is 37.1 Å². The maximum atomic E-state index is 13.0. The summed E-state index contributed by atoms with van der Waals surface area (Å²) in [6, 6.07) is 1.51. The number of rotatable bonds is 12. The lowest BCUT2D eigenvalue weighted by Gasteiger charge is -2.24. The monoisotopic (exact) mass is 502 g/mol. The lowest BCUT2D eigenvalue weighted by molar-refractivity contribution is -0.142. The third kappa shape index (κ3) is 7.52. The van der Waals surface area contributed by atoms with E-state index in [2.05, 4.69) is 31.2 Å². The van der Waals surface area contributed by atoms with Crippen molar-refractivity contribution < 1.29 is 34.5 Å². The first-order chi connectivity index (χ1) is 17.3. The number of imidazole rings is 1. The van der Waals surface area contributed by atoms with Gasteiger partial charge in [0.05, 0.1) is 19.0 Å². The summed E-state index contributed by atoms with van der Waals surface area (Å²) in [6.45, 7) is -0.102. The van der Waals surface area contributed by atoms with Gasteiger partial charge in [-0.25, -0.2) is 9.78 Å². The van der Waals surface area contributed by atoms with E-state index in [4.69, 9.17) is 0 Å². The molecule has 1 aliphatic rings. The van der Waals surface area contributed by atoms with Crippen LogP contribution in [0.5, 0.6) is 5.75 Å². The third-order valence-corrected chi connectivity index (χ3v) is 5.79. The molecular weight excluding hydrogens is 472 g/mol. The van der Waals surface area contributed by atoms with Gasteiger partial charge in [-0.15, -0.1) is 0 Å². The number of hydrogen-bond donors (Lipinski definition) is 8. The van der Waals surface area contributed by atoms with E-state index in [0.717, 1.165) is 6.42 Å². The van der Waals surface area contributed by atoms with E-state index >= 15 is 0 Å². The Labute approximate surface area is 206 Å². The van der Waals surface area contributed by atoms with Crippen molar-refractivity contribution in [3.8, 4) is 5.75 Å². The summed E-state index contributed by atoms with van der Waals surface area (Å²) in [5.41, 5.74) is 1.12. The highest BCUT2D eigenvalue weighted by Gasteiger charge is 2.31.